The summed E-state index contributed by atoms with van der Waals surface area (Å²) in [7, 11) is 0. The molecule has 1 atom stereocenters. The zero-order valence-electron chi connectivity index (χ0n) is 13.4. The van der Waals surface area contributed by atoms with Crippen LogP contribution in [0.2, 0.25) is 0 Å². The maximum Gasteiger partial charge on any atom is 0.191 e. The molecule has 3 rings (SSSR count). The van der Waals surface area contributed by atoms with Crippen LogP contribution in [-0.2, 0) is 6.54 Å². The summed E-state index contributed by atoms with van der Waals surface area (Å²) in [6, 6.07) is 8.28. The van der Waals surface area contributed by atoms with Gasteiger partial charge in [-0.25, -0.2) is 4.98 Å². The summed E-state index contributed by atoms with van der Waals surface area (Å²) in [5, 5.41) is 0. The van der Waals surface area contributed by atoms with Crippen LogP contribution in [0.3, 0.4) is 0 Å². The minimum absolute atomic E-state index is 0.586. The molecule has 1 aliphatic heterocycles. The average Bonchev–Trinajstić information content (AvgIpc) is 2.92. The van der Waals surface area contributed by atoms with Crippen molar-refractivity contribution in [1.82, 2.24) is 9.88 Å². The molecule has 1 saturated heterocycles. The van der Waals surface area contributed by atoms with E-state index in [9.17, 15) is 0 Å². The number of ether oxygens (including phenoxy) is 1. The molecule has 0 aliphatic carbocycles. The largest absolute Gasteiger partial charge is 0.493 e. The third kappa shape index (κ3) is 4.10. The number of hydrogen-bond acceptors (Lipinski definition) is 4. The molecule has 1 aliphatic rings. The fraction of sp³-hybridized carbons (Fsp3) is 0.500. The Bertz CT molecular complexity index is 591. The molecule has 4 nitrogen and oxygen atoms in total. The lowest BCUT2D eigenvalue weighted by Gasteiger charge is -2.32. The molecule has 0 radical (unpaired) electrons. The van der Waals surface area contributed by atoms with E-state index in [1.807, 2.05) is 19.1 Å². The predicted octanol–water partition coefficient (Wildman–Crippen LogP) is 3.58. The molecule has 1 aromatic carbocycles. The van der Waals surface area contributed by atoms with E-state index < -0.39 is 0 Å². The highest BCUT2D eigenvalue weighted by atomic mass is 16.5. The Morgan fingerprint density at radius 1 is 1.27 bits per heavy atom. The van der Waals surface area contributed by atoms with Crippen molar-refractivity contribution in [3.63, 3.8) is 0 Å². The lowest BCUT2D eigenvalue weighted by Crippen LogP contribution is -2.37. The highest BCUT2D eigenvalue weighted by molar-refractivity contribution is 5.26. The fourth-order valence-electron chi connectivity index (χ4n) is 2.99. The van der Waals surface area contributed by atoms with Gasteiger partial charge in [0, 0.05) is 25.9 Å². The summed E-state index contributed by atoms with van der Waals surface area (Å²) in [4.78, 5) is 6.84. The van der Waals surface area contributed by atoms with Crippen LogP contribution in [0.5, 0.6) is 5.75 Å². The van der Waals surface area contributed by atoms with Crippen molar-refractivity contribution in [3.05, 3.63) is 47.7 Å². The van der Waals surface area contributed by atoms with Crippen molar-refractivity contribution in [3.8, 4) is 5.75 Å². The van der Waals surface area contributed by atoms with Crippen molar-refractivity contribution >= 4 is 0 Å². The number of piperidine rings is 1. The summed E-state index contributed by atoms with van der Waals surface area (Å²) in [5.74, 6) is 2.30. The van der Waals surface area contributed by atoms with Gasteiger partial charge >= 0.3 is 0 Å². The van der Waals surface area contributed by atoms with Crippen LogP contribution in [0.1, 0.15) is 30.0 Å². The number of aryl methyl sites for hydroxylation is 2. The third-order valence-corrected chi connectivity index (χ3v) is 4.16. The van der Waals surface area contributed by atoms with Crippen LogP contribution in [0.25, 0.3) is 0 Å². The van der Waals surface area contributed by atoms with Crippen molar-refractivity contribution in [2.75, 3.05) is 19.7 Å². The number of nitrogens with zero attached hydrogens (tertiary/aromatic N) is 2. The zero-order valence-corrected chi connectivity index (χ0v) is 13.4. The molecule has 1 aromatic heterocycles. The van der Waals surface area contributed by atoms with E-state index >= 15 is 0 Å². The molecule has 2 aromatic rings. The van der Waals surface area contributed by atoms with E-state index in [4.69, 9.17) is 9.15 Å². The standard InChI is InChI=1S/C18H24N2O2/c1-14-5-7-18(8-6-14)22-12-16-4-3-9-20(10-16)11-17-13-21-15(2)19-17/h5-8,13,16H,3-4,9-12H2,1-2H3. The summed E-state index contributed by atoms with van der Waals surface area (Å²) in [5.41, 5.74) is 2.29. The Morgan fingerprint density at radius 2 is 2.09 bits per heavy atom. The highest BCUT2D eigenvalue weighted by Gasteiger charge is 2.21. The molecule has 0 amide bonds. The maximum atomic E-state index is 5.94. The number of oxazole rings is 1. The molecule has 4 heteroatoms. The molecule has 1 fully saturated rings. The van der Waals surface area contributed by atoms with E-state index in [1.165, 1.54) is 18.4 Å². The van der Waals surface area contributed by atoms with Gasteiger partial charge in [0.2, 0.25) is 0 Å². The van der Waals surface area contributed by atoms with Crippen LogP contribution < -0.4 is 4.74 Å². The SMILES string of the molecule is Cc1ccc(OCC2CCCN(Cc3coc(C)n3)C2)cc1. The normalized spacial score (nSPS) is 19.3. The van der Waals surface area contributed by atoms with Gasteiger partial charge < -0.3 is 9.15 Å². The van der Waals surface area contributed by atoms with Gasteiger partial charge in [0.05, 0.1) is 12.3 Å². The third-order valence-electron chi connectivity index (χ3n) is 4.16. The van der Waals surface area contributed by atoms with Crippen LogP contribution in [-0.4, -0.2) is 29.6 Å². The van der Waals surface area contributed by atoms with E-state index in [2.05, 4.69) is 28.9 Å². The number of hydrogen-bond donors (Lipinski definition) is 0. The summed E-state index contributed by atoms with van der Waals surface area (Å²) in [6.45, 7) is 7.84. The monoisotopic (exact) mass is 300 g/mol. The van der Waals surface area contributed by atoms with Gasteiger partial charge in [0.15, 0.2) is 5.89 Å². The molecule has 118 valence electrons. The fourth-order valence-corrected chi connectivity index (χ4v) is 2.99. The topological polar surface area (TPSA) is 38.5 Å². The second-order valence-electron chi connectivity index (χ2n) is 6.23. The minimum atomic E-state index is 0.586. The van der Waals surface area contributed by atoms with E-state index in [1.54, 1.807) is 6.26 Å². The van der Waals surface area contributed by atoms with Crippen molar-refractivity contribution < 1.29 is 9.15 Å². The van der Waals surface area contributed by atoms with Gasteiger partial charge in [-0.3, -0.25) is 4.90 Å². The molecule has 0 N–H and O–H groups in total. The molecule has 2 heterocycles. The zero-order chi connectivity index (χ0) is 15.4. The lowest BCUT2D eigenvalue weighted by molar-refractivity contribution is 0.124. The molecule has 1 unspecified atom stereocenters. The van der Waals surface area contributed by atoms with Crippen LogP contribution in [0.4, 0.5) is 0 Å². The number of likely N-dealkylation sites (tertiary alicyclic amines) is 1. The van der Waals surface area contributed by atoms with Gasteiger partial charge in [-0.2, -0.15) is 0 Å². The van der Waals surface area contributed by atoms with E-state index in [0.29, 0.717) is 5.92 Å². The van der Waals surface area contributed by atoms with Gasteiger partial charge in [-0.15, -0.1) is 0 Å². The number of benzene rings is 1. The molecule has 0 saturated carbocycles. The van der Waals surface area contributed by atoms with Gasteiger partial charge in [-0.1, -0.05) is 17.7 Å². The second kappa shape index (κ2) is 6.97. The quantitative estimate of drug-likeness (QED) is 0.846. The maximum absolute atomic E-state index is 5.94. The molecule has 0 bridgehead atoms. The Kier molecular flexibility index (Phi) is 4.78. The van der Waals surface area contributed by atoms with Gasteiger partial charge in [0.1, 0.15) is 12.0 Å². The Morgan fingerprint density at radius 3 is 2.82 bits per heavy atom. The summed E-state index contributed by atoms with van der Waals surface area (Å²) in [6.07, 6.45) is 4.22. The van der Waals surface area contributed by atoms with Crippen molar-refractivity contribution in [1.29, 1.82) is 0 Å². The number of aromatic nitrogens is 1. The Labute approximate surface area is 132 Å². The lowest BCUT2D eigenvalue weighted by atomic mass is 9.99. The van der Waals surface area contributed by atoms with E-state index in [0.717, 1.165) is 43.6 Å². The first-order valence-corrected chi connectivity index (χ1v) is 8.02. The second-order valence-corrected chi connectivity index (χ2v) is 6.23. The van der Waals surface area contributed by atoms with Crippen LogP contribution in [0.15, 0.2) is 34.9 Å². The van der Waals surface area contributed by atoms with Crippen molar-refractivity contribution in [2.24, 2.45) is 5.92 Å². The minimum Gasteiger partial charge on any atom is -0.493 e. The van der Waals surface area contributed by atoms with Crippen LogP contribution in [0, 0.1) is 19.8 Å². The smallest absolute Gasteiger partial charge is 0.191 e. The van der Waals surface area contributed by atoms with Crippen LogP contribution >= 0.6 is 0 Å². The first-order valence-electron chi connectivity index (χ1n) is 8.02. The molecular weight excluding hydrogens is 276 g/mol. The average molecular weight is 300 g/mol. The first kappa shape index (κ1) is 15.1. The van der Waals surface area contributed by atoms with Gasteiger partial charge in [-0.05, 0) is 38.4 Å². The molecular formula is C18H24N2O2. The predicted molar refractivity (Wildman–Crippen MR) is 85.9 cm³/mol. The Hall–Kier alpha value is -1.81. The number of rotatable bonds is 5. The molecule has 0 spiro atoms. The Balaban J connectivity index is 1.49. The van der Waals surface area contributed by atoms with Gasteiger partial charge in [0.25, 0.3) is 0 Å². The first-order chi connectivity index (χ1) is 10.7. The summed E-state index contributed by atoms with van der Waals surface area (Å²) < 4.78 is 11.2. The highest BCUT2D eigenvalue weighted by Crippen LogP contribution is 2.20. The molecule has 22 heavy (non-hydrogen) atoms. The van der Waals surface area contributed by atoms with E-state index in [-0.39, 0.29) is 0 Å². The summed E-state index contributed by atoms with van der Waals surface area (Å²) >= 11 is 0. The van der Waals surface area contributed by atoms with Crippen molar-refractivity contribution in [2.45, 2.75) is 33.2 Å².